The van der Waals surface area contributed by atoms with Crippen molar-refractivity contribution in [3.63, 3.8) is 0 Å². The molecule has 10 nitrogen and oxygen atoms in total. The summed E-state index contributed by atoms with van der Waals surface area (Å²) in [7, 11) is 2.79. The van der Waals surface area contributed by atoms with Crippen LogP contribution in [-0.4, -0.2) is 91.2 Å². The molecule has 0 saturated carbocycles. The van der Waals surface area contributed by atoms with Crippen LogP contribution in [0.2, 0.25) is 0 Å². The molecule has 2 fully saturated rings. The van der Waals surface area contributed by atoms with Crippen LogP contribution in [-0.2, 0) is 19.1 Å². The topological polar surface area (TPSA) is 121 Å². The van der Waals surface area contributed by atoms with Gasteiger partial charge < -0.3 is 29.2 Å². The van der Waals surface area contributed by atoms with Crippen molar-refractivity contribution in [1.82, 2.24) is 14.8 Å². The van der Waals surface area contributed by atoms with Gasteiger partial charge >= 0.3 is 5.97 Å². The Balaban J connectivity index is 1.78. The number of H-pyrrole nitrogens is 1. The van der Waals surface area contributed by atoms with Crippen molar-refractivity contribution in [2.75, 3.05) is 53.6 Å². The first-order chi connectivity index (χ1) is 17.8. The number of aromatic nitrogens is 1. The first kappa shape index (κ1) is 26.4. The maximum absolute atomic E-state index is 13.4. The molecule has 1 aromatic carbocycles. The fourth-order valence-electron chi connectivity index (χ4n) is 5.16. The van der Waals surface area contributed by atoms with Crippen molar-refractivity contribution in [3.05, 3.63) is 57.9 Å². The van der Waals surface area contributed by atoms with Crippen molar-refractivity contribution in [3.8, 4) is 5.75 Å². The van der Waals surface area contributed by atoms with E-state index >= 15 is 0 Å². The summed E-state index contributed by atoms with van der Waals surface area (Å²) in [5.41, 5.74) is 1.94. The molecule has 198 valence electrons. The Morgan fingerprint density at radius 3 is 2.51 bits per heavy atom. The number of Topliss-reactive ketones (excluding diaryl/α,β-unsaturated/α-hetero) is 1. The third-order valence-corrected chi connectivity index (χ3v) is 7.01. The summed E-state index contributed by atoms with van der Waals surface area (Å²) < 4.78 is 15.8. The highest BCUT2D eigenvalue weighted by molar-refractivity contribution is 6.46. The van der Waals surface area contributed by atoms with E-state index in [0.717, 1.165) is 19.6 Å². The maximum atomic E-state index is 13.4. The van der Waals surface area contributed by atoms with Crippen LogP contribution in [0.3, 0.4) is 0 Å². The second-order valence-electron chi connectivity index (χ2n) is 9.16. The van der Waals surface area contributed by atoms with Gasteiger partial charge in [0.25, 0.3) is 11.7 Å². The number of benzene rings is 1. The lowest BCUT2D eigenvalue weighted by molar-refractivity contribution is -0.140. The van der Waals surface area contributed by atoms with Gasteiger partial charge in [-0.15, -0.1) is 0 Å². The monoisotopic (exact) mass is 511 g/mol. The molecule has 1 aromatic heterocycles. The van der Waals surface area contributed by atoms with Crippen LogP contribution in [0.5, 0.6) is 5.75 Å². The minimum Gasteiger partial charge on any atom is -0.507 e. The molecule has 2 aliphatic rings. The molecule has 2 N–H and O–H groups in total. The predicted octanol–water partition coefficient (Wildman–Crippen LogP) is 2.57. The number of likely N-dealkylation sites (tertiary alicyclic amines) is 1. The number of aromatic amines is 1. The molecule has 3 heterocycles. The summed E-state index contributed by atoms with van der Waals surface area (Å²) in [4.78, 5) is 45.7. The zero-order chi connectivity index (χ0) is 26.7. The number of aliphatic hydroxyl groups excluding tert-OH is 1. The van der Waals surface area contributed by atoms with Crippen molar-refractivity contribution >= 4 is 23.4 Å². The molecule has 2 aromatic rings. The number of ether oxygens (including phenoxy) is 3. The van der Waals surface area contributed by atoms with Gasteiger partial charge in [0.05, 0.1) is 39.0 Å². The number of nitrogens with one attached hydrogen (secondary N) is 1. The quantitative estimate of drug-likeness (QED) is 0.240. The Morgan fingerprint density at radius 1 is 1.14 bits per heavy atom. The standard InChI is InChI=1S/C27H33N3O7/c1-16-20(17(2)28-22(16)27(34)36-4)24(31)21-23(18-8-5-6-9-19(18)35-3)30(26(33)25(21)32)11-7-10-29-12-14-37-15-13-29/h5-6,8-9,23,28,31H,7,10-15H2,1-4H3/b24-21+/t23-/m0/s1. The van der Waals surface area contributed by atoms with E-state index in [4.69, 9.17) is 14.2 Å². The number of hydrogen-bond donors (Lipinski definition) is 2. The molecule has 10 heteroatoms. The SMILES string of the molecule is COC(=O)c1[nH]c(C)c(/C(O)=C2\C(=O)C(=O)N(CCCN3CCOCC3)[C@H]2c2ccccc2OC)c1C. The molecule has 0 radical (unpaired) electrons. The van der Waals surface area contributed by atoms with Crippen molar-refractivity contribution < 1.29 is 33.7 Å². The van der Waals surface area contributed by atoms with Crippen molar-refractivity contribution in [2.45, 2.75) is 26.3 Å². The van der Waals surface area contributed by atoms with E-state index in [9.17, 15) is 19.5 Å². The largest absolute Gasteiger partial charge is 0.507 e. The van der Waals surface area contributed by atoms with E-state index in [2.05, 4.69) is 9.88 Å². The second-order valence-corrected chi connectivity index (χ2v) is 9.16. The highest BCUT2D eigenvalue weighted by atomic mass is 16.5. The van der Waals surface area contributed by atoms with Gasteiger partial charge in [-0.05, 0) is 31.9 Å². The van der Waals surface area contributed by atoms with Crippen molar-refractivity contribution in [2.24, 2.45) is 0 Å². The molecule has 0 unspecified atom stereocenters. The number of carbonyl (C=O) groups excluding carboxylic acids is 3. The van der Waals surface area contributed by atoms with Crippen LogP contribution in [0, 0.1) is 13.8 Å². The smallest absolute Gasteiger partial charge is 0.354 e. The number of amides is 1. The molecule has 2 saturated heterocycles. The number of morpholine rings is 1. The molecule has 1 amide bonds. The minimum atomic E-state index is -0.851. The minimum absolute atomic E-state index is 0.0394. The summed E-state index contributed by atoms with van der Waals surface area (Å²) in [5, 5.41) is 11.5. The van der Waals surface area contributed by atoms with Crippen LogP contribution in [0.4, 0.5) is 0 Å². The first-order valence-corrected chi connectivity index (χ1v) is 12.3. The Kier molecular flexibility index (Phi) is 7.99. The van der Waals surface area contributed by atoms with E-state index < -0.39 is 23.7 Å². The van der Waals surface area contributed by atoms with Gasteiger partial charge in [0, 0.05) is 43.0 Å². The van der Waals surface area contributed by atoms with Gasteiger partial charge in [0.2, 0.25) is 0 Å². The number of para-hydroxylation sites is 1. The number of esters is 1. The lowest BCUT2D eigenvalue weighted by Crippen LogP contribution is -2.39. The summed E-state index contributed by atoms with van der Waals surface area (Å²) in [6, 6.07) is 6.29. The third kappa shape index (κ3) is 4.99. The average molecular weight is 512 g/mol. The van der Waals surface area contributed by atoms with Crippen molar-refractivity contribution in [1.29, 1.82) is 0 Å². The molecule has 2 aliphatic heterocycles. The summed E-state index contributed by atoms with van der Waals surface area (Å²) in [5.74, 6) is -1.90. The summed E-state index contributed by atoms with van der Waals surface area (Å²) in [6.45, 7) is 7.41. The van der Waals surface area contributed by atoms with E-state index in [1.165, 1.54) is 19.1 Å². The van der Waals surface area contributed by atoms with Gasteiger partial charge in [-0.1, -0.05) is 18.2 Å². The van der Waals surface area contributed by atoms with E-state index in [0.29, 0.717) is 54.3 Å². The van der Waals surface area contributed by atoms with Gasteiger partial charge in [0.15, 0.2) is 0 Å². The summed E-state index contributed by atoms with van der Waals surface area (Å²) >= 11 is 0. The fourth-order valence-corrected chi connectivity index (χ4v) is 5.16. The van der Waals surface area contributed by atoms with Gasteiger partial charge in [-0.2, -0.15) is 0 Å². The molecule has 1 atom stereocenters. The normalized spacial score (nSPS) is 19.9. The lowest BCUT2D eigenvalue weighted by atomic mass is 9.93. The molecular formula is C27H33N3O7. The number of aryl methyl sites for hydroxylation is 1. The van der Waals surface area contributed by atoms with E-state index in [1.54, 1.807) is 38.1 Å². The van der Waals surface area contributed by atoms with Crippen LogP contribution in [0.25, 0.3) is 5.76 Å². The Morgan fingerprint density at radius 2 is 1.84 bits per heavy atom. The lowest BCUT2D eigenvalue weighted by Gasteiger charge is -2.29. The highest BCUT2D eigenvalue weighted by Crippen LogP contribution is 2.43. The molecule has 37 heavy (non-hydrogen) atoms. The zero-order valence-corrected chi connectivity index (χ0v) is 21.6. The number of carbonyl (C=O) groups is 3. The van der Waals surface area contributed by atoms with Crippen LogP contribution in [0.1, 0.15) is 45.3 Å². The van der Waals surface area contributed by atoms with E-state index in [1.807, 2.05) is 0 Å². The number of ketones is 1. The van der Waals surface area contributed by atoms with Crippen LogP contribution >= 0.6 is 0 Å². The average Bonchev–Trinajstić information content (AvgIpc) is 3.35. The van der Waals surface area contributed by atoms with E-state index in [-0.39, 0.29) is 17.0 Å². The third-order valence-electron chi connectivity index (χ3n) is 7.01. The molecule has 0 spiro atoms. The Bertz CT molecular complexity index is 1230. The van der Waals surface area contributed by atoms with Gasteiger partial charge in [-0.25, -0.2) is 4.79 Å². The molecule has 4 rings (SSSR count). The van der Waals surface area contributed by atoms with Gasteiger partial charge in [0.1, 0.15) is 17.2 Å². The number of nitrogens with zero attached hydrogens (tertiary/aromatic N) is 2. The molecular weight excluding hydrogens is 478 g/mol. The molecule has 0 bridgehead atoms. The highest BCUT2D eigenvalue weighted by Gasteiger charge is 2.47. The fraction of sp³-hybridized carbons (Fsp3) is 0.444. The first-order valence-electron chi connectivity index (χ1n) is 12.3. The zero-order valence-electron chi connectivity index (χ0n) is 21.6. The van der Waals surface area contributed by atoms with Crippen LogP contribution in [0.15, 0.2) is 29.8 Å². The Labute approximate surface area is 215 Å². The number of rotatable bonds is 8. The number of aliphatic hydroxyl groups is 1. The second kappa shape index (κ2) is 11.2. The molecule has 0 aliphatic carbocycles. The number of methoxy groups -OCH3 is 2. The Hall–Kier alpha value is -3.63. The summed E-state index contributed by atoms with van der Waals surface area (Å²) in [6.07, 6.45) is 0.646. The predicted molar refractivity (Wildman–Crippen MR) is 135 cm³/mol. The maximum Gasteiger partial charge on any atom is 0.354 e. The van der Waals surface area contributed by atoms with Crippen LogP contribution < -0.4 is 4.74 Å². The van der Waals surface area contributed by atoms with Gasteiger partial charge in [-0.3, -0.25) is 14.5 Å². The number of hydrogen-bond acceptors (Lipinski definition) is 8.